The Labute approximate surface area is 136 Å². The van der Waals surface area contributed by atoms with Crippen LogP contribution < -0.4 is 10.6 Å². The third kappa shape index (κ3) is 3.69. The van der Waals surface area contributed by atoms with Crippen LogP contribution in [0.15, 0.2) is 36.7 Å². The summed E-state index contributed by atoms with van der Waals surface area (Å²) < 4.78 is 5.62. The van der Waals surface area contributed by atoms with Crippen LogP contribution in [0.2, 0.25) is 0 Å². The van der Waals surface area contributed by atoms with Gasteiger partial charge in [0.2, 0.25) is 0 Å². The summed E-state index contributed by atoms with van der Waals surface area (Å²) in [5.74, 6) is 1.25. The molecule has 0 saturated carbocycles. The quantitative estimate of drug-likeness (QED) is 0.661. The molecule has 0 aliphatic rings. The fraction of sp³-hybridized carbons (Fsp3) is 0.214. The highest BCUT2D eigenvalue weighted by Crippen LogP contribution is 2.08. The standard InChI is InChI=1S/C14H15N7OS/c1-10-13(23-20-17-10)14(22)16-7-6-15-11-4-5-12(19-18-11)21-8-2-3-9-21/h2-5,8-9H,6-7H2,1H3,(H,15,18)(H,16,22). The van der Waals surface area contributed by atoms with Gasteiger partial charge in [-0.25, -0.2) is 0 Å². The molecule has 9 heteroatoms. The maximum absolute atomic E-state index is 11.9. The van der Waals surface area contributed by atoms with E-state index in [0.717, 1.165) is 17.4 Å². The molecule has 118 valence electrons. The van der Waals surface area contributed by atoms with Crippen molar-refractivity contribution >= 4 is 23.3 Å². The lowest BCUT2D eigenvalue weighted by atomic mass is 10.4. The number of nitrogens with zero attached hydrogens (tertiary/aromatic N) is 5. The number of hydrogen-bond donors (Lipinski definition) is 2. The molecule has 3 aromatic rings. The number of carbonyl (C=O) groups excluding carboxylic acids is 1. The van der Waals surface area contributed by atoms with Crippen LogP contribution in [-0.2, 0) is 0 Å². The summed E-state index contributed by atoms with van der Waals surface area (Å²) in [5, 5.41) is 18.0. The molecule has 0 radical (unpaired) electrons. The minimum atomic E-state index is -0.159. The molecule has 0 aliphatic heterocycles. The Morgan fingerprint density at radius 2 is 2.00 bits per heavy atom. The summed E-state index contributed by atoms with van der Waals surface area (Å²) in [4.78, 5) is 12.4. The van der Waals surface area contributed by atoms with Crippen molar-refractivity contribution in [1.29, 1.82) is 0 Å². The fourth-order valence-electron chi connectivity index (χ4n) is 1.93. The van der Waals surface area contributed by atoms with Crippen LogP contribution in [0.5, 0.6) is 0 Å². The first kappa shape index (κ1) is 15.1. The maximum Gasteiger partial charge on any atom is 0.265 e. The molecule has 2 N–H and O–H groups in total. The van der Waals surface area contributed by atoms with E-state index in [9.17, 15) is 4.79 Å². The molecule has 1 amide bonds. The van der Waals surface area contributed by atoms with Crippen LogP contribution in [0.1, 0.15) is 15.4 Å². The zero-order valence-corrected chi connectivity index (χ0v) is 13.2. The van der Waals surface area contributed by atoms with E-state index in [4.69, 9.17) is 0 Å². The van der Waals surface area contributed by atoms with E-state index < -0.39 is 0 Å². The molecule has 0 atom stereocenters. The van der Waals surface area contributed by atoms with E-state index >= 15 is 0 Å². The summed E-state index contributed by atoms with van der Waals surface area (Å²) in [6.07, 6.45) is 3.81. The summed E-state index contributed by atoms with van der Waals surface area (Å²) >= 11 is 1.09. The Bertz CT molecular complexity index is 767. The van der Waals surface area contributed by atoms with Gasteiger partial charge in [0, 0.05) is 25.5 Å². The van der Waals surface area contributed by atoms with Crippen molar-refractivity contribution in [2.24, 2.45) is 0 Å². The number of amides is 1. The first-order chi connectivity index (χ1) is 11.2. The first-order valence-corrected chi connectivity index (χ1v) is 7.79. The van der Waals surface area contributed by atoms with E-state index in [1.165, 1.54) is 0 Å². The zero-order chi connectivity index (χ0) is 16.1. The monoisotopic (exact) mass is 329 g/mol. The van der Waals surface area contributed by atoms with Crippen molar-refractivity contribution in [2.75, 3.05) is 18.4 Å². The van der Waals surface area contributed by atoms with Gasteiger partial charge in [-0.1, -0.05) is 4.49 Å². The molecule has 0 spiro atoms. The Hall–Kier alpha value is -2.81. The lowest BCUT2D eigenvalue weighted by Crippen LogP contribution is -2.28. The molecule has 0 aromatic carbocycles. The predicted octanol–water partition coefficient (Wildman–Crippen LogP) is 1.27. The molecule has 3 heterocycles. The van der Waals surface area contributed by atoms with E-state index in [-0.39, 0.29) is 5.91 Å². The van der Waals surface area contributed by atoms with E-state index in [0.29, 0.717) is 29.5 Å². The minimum Gasteiger partial charge on any atom is -0.367 e. The molecule has 3 aromatic heterocycles. The van der Waals surface area contributed by atoms with Gasteiger partial charge < -0.3 is 15.2 Å². The fourth-order valence-corrected chi connectivity index (χ4v) is 2.50. The number of aromatic nitrogens is 5. The highest BCUT2D eigenvalue weighted by molar-refractivity contribution is 7.07. The van der Waals surface area contributed by atoms with Crippen LogP contribution in [-0.4, -0.2) is 43.3 Å². The van der Waals surface area contributed by atoms with E-state index in [1.807, 2.05) is 41.2 Å². The third-order valence-electron chi connectivity index (χ3n) is 3.09. The van der Waals surface area contributed by atoms with Crippen LogP contribution in [0, 0.1) is 6.92 Å². The normalized spacial score (nSPS) is 10.5. The van der Waals surface area contributed by atoms with Gasteiger partial charge in [-0.15, -0.1) is 15.3 Å². The van der Waals surface area contributed by atoms with Crippen molar-refractivity contribution in [1.82, 2.24) is 29.7 Å². The van der Waals surface area contributed by atoms with E-state index in [1.54, 1.807) is 6.92 Å². The number of aryl methyl sites for hydroxylation is 1. The number of nitrogens with one attached hydrogen (secondary N) is 2. The predicted molar refractivity (Wildman–Crippen MR) is 86.8 cm³/mol. The first-order valence-electron chi connectivity index (χ1n) is 7.02. The smallest absolute Gasteiger partial charge is 0.265 e. The molecular formula is C14H15N7OS. The minimum absolute atomic E-state index is 0.159. The summed E-state index contributed by atoms with van der Waals surface area (Å²) in [7, 11) is 0. The van der Waals surface area contributed by atoms with Gasteiger partial charge in [-0.2, -0.15) is 0 Å². The molecular weight excluding hydrogens is 314 g/mol. The van der Waals surface area contributed by atoms with Crippen LogP contribution >= 0.6 is 11.5 Å². The van der Waals surface area contributed by atoms with Crippen LogP contribution in [0.3, 0.4) is 0 Å². The number of carbonyl (C=O) groups is 1. The second-order valence-electron chi connectivity index (χ2n) is 4.74. The molecule has 8 nitrogen and oxygen atoms in total. The molecule has 0 fully saturated rings. The van der Waals surface area contributed by atoms with Crippen molar-refractivity contribution in [2.45, 2.75) is 6.92 Å². The SMILES string of the molecule is Cc1nnsc1C(=O)NCCNc1ccc(-n2cccc2)nn1. The van der Waals surface area contributed by atoms with Crippen molar-refractivity contribution in [3.63, 3.8) is 0 Å². The summed E-state index contributed by atoms with van der Waals surface area (Å²) in [6.45, 7) is 2.78. The third-order valence-corrected chi connectivity index (χ3v) is 3.92. The lowest BCUT2D eigenvalue weighted by molar-refractivity contribution is 0.0958. The van der Waals surface area contributed by atoms with Gasteiger partial charge in [0.25, 0.3) is 5.91 Å². The van der Waals surface area contributed by atoms with Crippen molar-refractivity contribution < 1.29 is 4.79 Å². The number of hydrogen-bond acceptors (Lipinski definition) is 7. The van der Waals surface area contributed by atoms with Gasteiger partial charge >= 0.3 is 0 Å². The van der Waals surface area contributed by atoms with Crippen molar-refractivity contribution in [3.05, 3.63) is 47.2 Å². The van der Waals surface area contributed by atoms with Gasteiger partial charge in [0.15, 0.2) is 5.82 Å². The Morgan fingerprint density at radius 3 is 2.65 bits per heavy atom. The van der Waals surface area contributed by atoms with Crippen LogP contribution in [0.4, 0.5) is 5.82 Å². The van der Waals surface area contributed by atoms with Gasteiger partial charge in [0.05, 0.1) is 5.69 Å². The molecule has 3 rings (SSSR count). The average Bonchev–Trinajstić information content (AvgIpc) is 3.23. The average molecular weight is 329 g/mol. The molecule has 0 unspecified atom stereocenters. The molecule has 23 heavy (non-hydrogen) atoms. The van der Waals surface area contributed by atoms with Crippen molar-refractivity contribution in [3.8, 4) is 5.82 Å². The molecule has 0 aliphatic carbocycles. The second-order valence-corrected chi connectivity index (χ2v) is 5.49. The molecule has 0 bridgehead atoms. The highest BCUT2D eigenvalue weighted by Gasteiger charge is 2.11. The lowest BCUT2D eigenvalue weighted by Gasteiger charge is -2.07. The molecule has 0 saturated heterocycles. The zero-order valence-electron chi connectivity index (χ0n) is 12.4. The number of rotatable bonds is 6. The highest BCUT2D eigenvalue weighted by atomic mass is 32.1. The Balaban J connectivity index is 1.46. The number of anilines is 1. The largest absolute Gasteiger partial charge is 0.367 e. The second kappa shape index (κ2) is 6.97. The topological polar surface area (TPSA) is 97.6 Å². The summed E-state index contributed by atoms with van der Waals surface area (Å²) in [5.41, 5.74) is 0.645. The van der Waals surface area contributed by atoms with Gasteiger partial charge in [-0.05, 0) is 42.7 Å². The summed E-state index contributed by atoms with van der Waals surface area (Å²) in [6, 6.07) is 7.58. The Morgan fingerprint density at radius 1 is 1.17 bits per heavy atom. The maximum atomic E-state index is 11.9. The van der Waals surface area contributed by atoms with E-state index in [2.05, 4.69) is 30.4 Å². The van der Waals surface area contributed by atoms with Gasteiger partial charge in [0.1, 0.15) is 10.7 Å². The van der Waals surface area contributed by atoms with Crippen LogP contribution in [0.25, 0.3) is 5.82 Å². The Kier molecular flexibility index (Phi) is 4.57. The van der Waals surface area contributed by atoms with Gasteiger partial charge in [-0.3, -0.25) is 4.79 Å².